The molecule has 0 aromatic heterocycles. The quantitative estimate of drug-likeness (QED) is 0.625. The molecule has 10 heteroatoms. The van der Waals surface area contributed by atoms with Gasteiger partial charge < -0.3 is 0 Å². The third kappa shape index (κ3) is 3.91. The largest absolute Gasteiger partial charge is 0.286 e. The molecule has 0 spiro atoms. The van der Waals surface area contributed by atoms with Crippen LogP contribution in [0.4, 0.5) is 0 Å². The first kappa shape index (κ1) is 17.9. The lowest BCUT2D eigenvalue weighted by Crippen LogP contribution is -2.30. The van der Waals surface area contributed by atoms with Gasteiger partial charge in [-0.25, -0.2) is 8.42 Å². The van der Waals surface area contributed by atoms with Crippen molar-refractivity contribution in [2.45, 2.75) is 4.90 Å². The summed E-state index contributed by atoms with van der Waals surface area (Å²) in [7, 11) is -8.20. The number of nitrogens with zero attached hydrogens (tertiary/aromatic N) is 2. The number of sulfonamides is 1. The Morgan fingerprint density at radius 1 is 1.39 bits per heavy atom. The van der Waals surface area contributed by atoms with E-state index >= 15 is 0 Å². The Morgan fingerprint density at radius 3 is 2.57 bits per heavy atom. The third-order valence-corrected chi connectivity index (χ3v) is 6.59. The molecule has 124 valence electrons. The molecule has 7 nitrogen and oxygen atoms in total. The zero-order valence-electron chi connectivity index (χ0n) is 11.8. The van der Waals surface area contributed by atoms with Crippen molar-refractivity contribution >= 4 is 31.7 Å². The lowest BCUT2D eigenvalue weighted by atomic mass is 10.1. The molecule has 1 heterocycles. The Hall–Kier alpha value is -1.44. The Morgan fingerprint density at radius 2 is 2.04 bits per heavy atom. The molecule has 0 amide bonds. The summed E-state index contributed by atoms with van der Waals surface area (Å²) in [5.74, 6) is -1.27. The van der Waals surface area contributed by atoms with Crippen LogP contribution < -0.4 is 0 Å². The predicted molar refractivity (Wildman–Crippen MR) is 84.0 cm³/mol. The highest BCUT2D eigenvalue weighted by Gasteiger charge is 2.37. The van der Waals surface area contributed by atoms with Gasteiger partial charge in [-0.05, 0) is 18.2 Å². The van der Waals surface area contributed by atoms with Gasteiger partial charge in [-0.2, -0.15) is 18.0 Å². The van der Waals surface area contributed by atoms with Crippen molar-refractivity contribution in [2.75, 3.05) is 18.8 Å². The predicted octanol–water partition coefficient (Wildman–Crippen LogP) is 1.28. The van der Waals surface area contributed by atoms with Crippen LogP contribution in [0, 0.1) is 17.2 Å². The molecule has 0 radical (unpaired) electrons. The molecule has 1 N–H and O–H groups in total. The van der Waals surface area contributed by atoms with Crippen molar-refractivity contribution < 1.29 is 21.4 Å². The maximum absolute atomic E-state index is 12.6. The summed E-state index contributed by atoms with van der Waals surface area (Å²) in [6.07, 6.45) is 0. The Balaban J connectivity index is 2.32. The Kier molecular flexibility index (Phi) is 4.84. The monoisotopic (exact) mass is 376 g/mol. The van der Waals surface area contributed by atoms with E-state index in [-0.39, 0.29) is 28.6 Å². The molecule has 1 aliphatic rings. The topological polar surface area (TPSA) is 116 Å². The van der Waals surface area contributed by atoms with Crippen LogP contribution in [0.1, 0.15) is 5.56 Å². The molecular formula is C13H13ClN2O5S2. The second kappa shape index (κ2) is 6.22. The maximum atomic E-state index is 12.6. The minimum absolute atomic E-state index is 0.0567. The lowest BCUT2D eigenvalue weighted by Gasteiger charge is -2.17. The van der Waals surface area contributed by atoms with E-state index in [1.54, 1.807) is 0 Å². The van der Waals surface area contributed by atoms with Crippen molar-refractivity contribution in [3.8, 4) is 6.07 Å². The van der Waals surface area contributed by atoms with Crippen molar-refractivity contribution in [1.29, 1.82) is 5.26 Å². The summed E-state index contributed by atoms with van der Waals surface area (Å²) in [6.45, 7) is 3.50. The molecule has 0 bridgehead atoms. The number of benzene rings is 1. The van der Waals surface area contributed by atoms with Crippen LogP contribution in [0.5, 0.6) is 0 Å². The van der Waals surface area contributed by atoms with Crippen LogP contribution in [-0.2, 0) is 20.1 Å². The van der Waals surface area contributed by atoms with Gasteiger partial charge in [0.25, 0.3) is 10.1 Å². The van der Waals surface area contributed by atoms with Gasteiger partial charge in [-0.15, -0.1) is 0 Å². The first-order valence-electron chi connectivity index (χ1n) is 6.37. The van der Waals surface area contributed by atoms with Crippen LogP contribution >= 0.6 is 11.6 Å². The summed E-state index contributed by atoms with van der Waals surface area (Å²) in [5, 5.41) is 8.69. The number of hydrogen-bond acceptors (Lipinski definition) is 5. The maximum Gasteiger partial charge on any atom is 0.265 e. The number of hydrogen-bond donors (Lipinski definition) is 1. The van der Waals surface area contributed by atoms with Gasteiger partial charge in [-0.1, -0.05) is 23.8 Å². The second-order valence-electron chi connectivity index (χ2n) is 5.16. The van der Waals surface area contributed by atoms with Gasteiger partial charge in [0.15, 0.2) is 0 Å². The van der Waals surface area contributed by atoms with E-state index in [1.807, 2.05) is 6.07 Å². The molecule has 1 aromatic carbocycles. The van der Waals surface area contributed by atoms with Gasteiger partial charge in [0, 0.05) is 19.0 Å². The standard InChI is InChI=1S/C13H13ClN2O5S2/c1-9-6-16(7-11(9)8-22(17,18)19)23(20,21)13-3-2-10(5-15)4-12(13)14/h2-4,11H,1,6-8H2,(H,17,18,19)/t11-/m0/s1. The van der Waals surface area contributed by atoms with Crippen LogP contribution in [-0.4, -0.2) is 44.5 Å². The minimum Gasteiger partial charge on any atom is -0.286 e. The normalized spacial score (nSPS) is 19.7. The fourth-order valence-electron chi connectivity index (χ4n) is 2.32. The van der Waals surface area contributed by atoms with Crippen LogP contribution in [0.25, 0.3) is 0 Å². The highest BCUT2D eigenvalue weighted by atomic mass is 35.5. The van der Waals surface area contributed by atoms with Gasteiger partial charge in [0.05, 0.1) is 22.4 Å². The van der Waals surface area contributed by atoms with Crippen molar-refractivity contribution in [2.24, 2.45) is 5.92 Å². The molecule has 2 rings (SSSR count). The van der Waals surface area contributed by atoms with Gasteiger partial charge >= 0.3 is 0 Å². The van der Waals surface area contributed by atoms with Crippen molar-refractivity contribution in [1.82, 2.24) is 4.31 Å². The fourth-order valence-corrected chi connectivity index (χ4v) is 5.18. The molecule has 23 heavy (non-hydrogen) atoms. The van der Waals surface area contributed by atoms with Gasteiger partial charge in [0.1, 0.15) is 4.90 Å². The fraction of sp³-hybridized carbons (Fsp3) is 0.308. The molecule has 0 aliphatic carbocycles. The lowest BCUT2D eigenvalue weighted by molar-refractivity contribution is 0.449. The van der Waals surface area contributed by atoms with Gasteiger partial charge in [-0.3, -0.25) is 4.55 Å². The summed E-state index contributed by atoms with van der Waals surface area (Å²) >= 11 is 5.94. The third-order valence-electron chi connectivity index (χ3n) is 3.47. The zero-order valence-corrected chi connectivity index (χ0v) is 14.2. The van der Waals surface area contributed by atoms with E-state index in [4.69, 9.17) is 21.4 Å². The van der Waals surface area contributed by atoms with E-state index in [9.17, 15) is 16.8 Å². The number of halogens is 1. The first-order valence-corrected chi connectivity index (χ1v) is 9.80. The summed E-state index contributed by atoms with van der Waals surface area (Å²) in [4.78, 5) is -0.168. The number of rotatable bonds is 4. The van der Waals surface area contributed by atoms with E-state index < -0.39 is 31.8 Å². The van der Waals surface area contributed by atoms with Gasteiger partial charge in [0.2, 0.25) is 10.0 Å². The zero-order chi connectivity index (χ0) is 17.4. The molecule has 1 atom stereocenters. The molecule has 1 aromatic rings. The van der Waals surface area contributed by atoms with Crippen molar-refractivity contribution in [3.05, 3.63) is 40.9 Å². The Labute approximate surface area is 139 Å². The highest BCUT2D eigenvalue weighted by Crippen LogP contribution is 2.31. The van der Waals surface area contributed by atoms with E-state index in [2.05, 4.69) is 6.58 Å². The first-order chi connectivity index (χ1) is 10.5. The SMILES string of the molecule is C=C1CN(S(=O)(=O)c2ccc(C#N)cc2Cl)C[C@H]1CS(=O)(=O)O. The molecule has 1 saturated heterocycles. The van der Waals surface area contributed by atoms with E-state index in [0.717, 1.165) is 4.31 Å². The average Bonchev–Trinajstić information content (AvgIpc) is 2.78. The summed E-state index contributed by atoms with van der Waals surface area (Å²) in [5.41, 5.74) is 0.625. The minimum atomic E-state index is -4.24. The van der Waals surface area contributed by atoms with E-state index in [1.165, 1.54) is 18.2 Å². The number of nitriles is 1. The molecule has 1 aliphatic heterocycles. The molecule has 1 fully saturated rings. The smallest absolute Gasteiger partial charge is 0.265 e. The molecule has 0 saturated carbocycles. The summed E-state index contributed by atoms with van der Waals surface area (Å²) in [6, 6.07) is 5.66. The second-order valence-corrected chi connectivity index (χ2v) is 8.97. The molecular weight excluding hydrogens is 364 g/mol. The molecule has 0 unspecified atom stereocenters. The van der Waals surface area contributed by atoms with E-state index in [0.29, 0.717) is 5.57 Å². The highest BCUT2D eigenvalue weighted by molar-refractivity contribution is 7.89. The Bertz CT molecular complexity index is 903. The van der Waals surface area contributed by atoms with Crippen LogP contribution in [0.3, 0.4) is 0 Å². The van der Waals surface area contributed by atoms with Crippen molar-refractivity contribution in [3.63, 3.8) is 0 Å². The van der Waals surface area contributed by atoms with Crippen LogP contribution in [0.2, 0.25) is 5.02 Å². The van der Waals surface area contributed by atoms with Crippen LogP contribution in [0.15, 0.2) is 35.2 Å². The average molecular weight is 377 g/mol. The summed E-state index contributed by atoms with van der Waals surface area (Å²) < 4.78 is 57.2.